The highest BCUT2D eigenvalue weighted by Gasteiger charge is 2.08. The number of hydrogen-bond acceptors (Lipinski definition) is 3. The van der Waals surface area contributed by atoms with Crippen LogP contribution in [0.15, 0.2) is 42.5 Å². The first-order valence-electron chi connectivity index (χ1n) is 6.64. The van der Waals surface area contributed by atoms with E-state index in [2.05, 4.69) is 10.6 Å². The van der Waals surface area contributed by atoms with Crippen molar-refractivity contribution in [3.05, 3.63) is 53.1 Å². The number of nitrogens with one attached hydrogen (secondary N) is 2. The lowest BCUT2D eigenvalue weighted by Crippen LogP contribution is -2.28. The number of urea groups is 1. The standard InChI is InChI=1S/C16H17ClN2O3/c1-21-12-8-7-11(15(9-12)22-2)10-18-16(20)19-14-6-4-3-5-13(14)17/h3-9H,10H2,1-2H3,(H2,18,19,20). The smallest absolute Gasteiger partial charge is 0.319 e. The van der Waals surface area contributed by atoms with Gasteiger partial charge < -0.3 is 20.1 Å². The summed E-state index contributed by atoms with van der Waals surface area (Å²) in [5, 5.41) is 5.94. The van der Waals surface area contributed by atoms with E-state index < -0.39 is 0 Å². The van der Waals surface area contributed by atoms with E-state index in [1.165, 1.54) is 0 Å². The van der Waals surface area contributed by atoms with E-state index in [1.54, 1.807) is 44.6 Å². The van der Waals surface area contributed by atoms with Crippen LogP contribution >= 0.6 is 11.6 Å². The summed E-state index contributed by atoms with van der Waals surface area (Å²) in [7, 11) is 3.16. The monoisotopic (exact) mass is 320 g/mol. The van der Waals surface area contributed by atoms with Crippen LogP contribution in [-0.4, -0.2) is 20.3 Å². The third-order valence-corrected chi connectivity index (χ3v) is 3.39. The van der Waals surface area contributed by atoms with Crippen LogP contribution < -0.4 is 20.1 Å². The normalized spacial score (nSPS) is 9.95. The molecule has 22 heavy (non-hydrogen) atoms. The number of halogens is 1. The van der Waals surface area contributed by atoms with E-state index in [-0.39, 0.29) is 6.03 Å². The van der Waals surface area contributed by atoms with Gasteiger partial charge in [0.1, 0.15) is 11.5 Å². The lowest BCUT2D eigenvalue weighted by molar-refractivity contribution is 0.251. The largest absolute Gasteiger partial charge is 0.497 e. The van der Waals surface area contributed by atoms with E-state index in [9.17, 15) is 4.79 Å². The molecule has 5 nitrogen and oxygen atoms in total. The lowest BCUT2D eigenvalue weighted by atomic mass is 10.2. The second-order valence-corrected chi connectivity index (χ2v) is 4.87. The Kier molecular flexibility index (Phi) is 5.49. The fraction of sp³-hybridized carbons (Fsp3) is 0.188. The van der Waals surface area contributed by atoms with Crippen molar-refractivity contribution in [2.75, 3.05) is 19.5 Å². The fourth-order valence-corrected chi connectivity index (χ4v) is 2.09. The van der Waals surface area contributed by atoms with Crippen LogP contribution in [0.2, 0.25) is 5.02 Å². The van der Waals surface area contributed by atoms with Gasteiger partial charge in [0.25, 0.3) is 0 Å². The van der Waals surface area contributed by atoms with Crippen molar-refractivity contribution in [2.45, 2.75) is 6.54 Å². The third-order valence-electron chi connectivity index (χ3n) is 3.06. The number of hydrogen-bond donors (Lipinski definition) is 2. The van der Waals surface area contributed by atoms with Gasteiger partial charge >= 0.3 is 6.03 Å². The maximum absolute atomic E-state index is 11.9. The maximum atomic E-state index is 11.9. The zero-order chi connectivity index (χ0) is 15.9. The molecule has 2 amide bonds. The quantitative estimate of drug-likeness (QED) is 0.883. The van der Waals surface area contributed by atoms with E-state index in [0.29, 0.717) is 28.8 Å². The molecule has 0 unspecified atom stereocenters. The fourth-order valence-electron chi connectivity index (χ4n) is 1.90. The Morgan fingerprint density at radius 2 is 1.91 bits per heavy atom. The van der Waals surface area contributed by atoms with Gasteiger partial charge in [0.2, 0.25) is 0 Å². The van der Waals surface area contributed by atoms with E-state index in [1.807, 2.05) is 12.1 Å². The second-order valence-electron chi connectivity index (χ2n) is 4.47. The molecule has 0 saturated carbocycles. The summed E-state index contributed by atoms with van der Waals surface area (Å²) in [6.07, 6.45) is 0. The highest BCUT2D eigenvalue weighted by Crippen LogP contribution is 2.24. The van der Waals surface area contributed by atoms with Crippen LogP contribution in [-0.2, 0) is 6.54 Å². The predicted molar refractivity (Wildman–Crippen MR) is 86.9 cm³/mol. The highest BCUT2D eigenvalue weighted by atomic mass is 35.5. The van der Waals surface area contributed by atoms with E-state index in [0.717, 1.165) is 5.56 Å². The predicted octanol–water partition coefficient (Wildman–Crippen LogP) is 3.68. The molecule has 0 atom stereocenters. The Morgan fingerprint density at radius 1 is 1.14 bits per heavy atom. The summed E-state index contributed by atoms with van der Waals surface area (Å²) >= 11 is 5.99. The second kappa shape index (κ2) is 7.56. The van der Waals surface area contributed by atoms with Gasteiger partial charge in [0, 0.05) is 18.2 Å². The van der Waals surface area contributed by atoms with Gasteiger partial charge in [-0.15, -0.1) is 0 Å². The average molecular weight is 321 g/mol. The minimum Gasteiger partial charge on any atom is -0.497 e. The Bertz CT molecular complexity index is 662. The van der Waals surface area contributed by atoms with Crippen LogP contribution in [0.5, 0.6) is 11.5 Å². The number of anilines is 1. The number of ether oxygens (including phenoxy) is 2. The van der Waals surface area contributed by atoms with Gasteiger partial charge in [-0.2, -0.15) is 0 Å². The number of para-hydroxylation sites is 1. The number of benzene rings is 2. The zero-order valence-corrected chi connectivity index (χ0v) is 13.1. The first-order chi connectivity index (χ1) is 10.6. The molecule has 0 heterocycles. The molecule has 2 aromatic rings. The van der Waals surface area contributed by atoms with Crippen molar-refractivity contribution in [1.82, 2.24) is 5.32 Å². The number of methoxy groups -OCH3 is 2. The van der Waals surface area contributed by atoms with Gasteiger partial charge in [-0.05, 0) is 24.3 Å². The minimum absolute atomic E-state index is 0.323. The van der Waals surface area contributed by atoms with Crippen molar-refractivity contribution in [3.63, 3.8) is 0 Å². The van der Waals surface area contributed by atoms with Crippen molar-refractivity contribution in [3.8, 4) is 11.5 Å². The van der Waals surface area contributed by atoms with Gasteiger partial charge in [0.05, 0.1) is 24.9 Å². The molecule has 0 aliphatic heterocycles. The third kappa shape index (κ3) is 4.05. The molecule has 6 heteroatoms. The van der Waals surface area contributed by atoms with Gasteiger partial charge in [-0.1, -0.05) is 23.7 Å². The molecule has 2 aromatic carbocycles. The van der Waals surface area contributed by atoms with Gasteiger partial charge in [-0.25, -0.2) is 4.79 Å². The Balaban J connectivity index is 1.98. The summed E-state index contributed by atoms with van der Waals surface area (Å²) in [6.45, 7) is 0.323. The van der Waals surface area contributed by atoms with Crippen molar-refractivity contribution < 1.29 is 14.3 Å². The van der Waals surface area contributed by atoms with Crippen LogP contribution in [0.3, 0.4) is 0 Å². The Morgan fingerprint density at radius 3 is 2.59 bits per heavy atom. The van der Waals surface area contributed by atoms with Crippen molar-refractivity contribution in [2.24, 2.45) is 0 Å². The first kappa shape index (κ1) is 16.0. The summed E-state index contributed by atoms with van der Waals surface area (Å²) in [6, 6.07) is 12.1. The summed E-state index contributed by atoms with van der Waals surface area (Å²) in [5.41, 5.74) is 1.40. The van der Waals surface area contributed by atoms with E-state index >= 15 is 0 Å². The first-order valence-corrected chi connectivity index (χ1v) is 7.02. The zero-order valence-electron chi connectivity index (χ0n) is 12.4. The molecule has 0 aliphatic rings. The van der Waals surface area contributed by atoms with Crippen LogP contribution in [0.25, 0.3) is 0 Å². The lowest BCUT2D eigenvalue weighted by Gasteiger charge is -2.12. The van der Waals surface area contributed by atoms with Crippen LogP contribution in [0, 0.1) is 0 Å². The molecular formula is C16H17ClN2O3. The maximum Gasteiger partial charge on any atom is 0.319 e. The number of carbonyl (C=O) groups is 1. The number of carbonyl (C=O) groups excluding carboxylic acids is 1. The molecule has 0 fully saturated rings. The topological polar surface area (TPSA) is 59.6 Å². The molecule has 0 aromatic heterocycles. The van der Waals surface area contributed by atoms with Crippen molar-refractivity contribution >= 4 is 23.3 Å². The molecule has 0 bridgehead atoms. The van der Waals surface area contributed by atoms with Gasteiger partial charge in [0.15, 0.2) is 0 Å². The Hall–Kier alpha value is -2.40. The molecular weight excluding hydrogens is 304 g/mol. The van der Waals surface area contributed by atoms with Gasteiger partial charge in [-0.3, -0.25) is 0 Å². The molecule has 0 aliphatic carbocycles. The van der Waals surface area contributed by atoms with Crippen LogP contribution in [0.4, 0.5) is 10.5 Å². The van der Waals surface area contributed by atoms with E-state index in [4.69, 9.17) is 21.1 Å². The number of amides is 2. The average Bonchev–Trinajstić information content (AvgIpc) is 2.55. The summed E-state index contributed by atoms with van der Waals surface area (Å²) in [5.74, 6) is 1.35. The molecule has 0 radical (unpaired) electrons. The van der Waals surface area contributed by atoms with Crippen LogP contribution in [0.1, 0.15) is 5.56 Å². The van der Waals surface area contributed by atoms with Crippen molar-refractivity contribution in [1.29, 1.82) is 0 Å². The molecule has 2 N–H and O–H groups in total. The highest BCUT2D eigenvalue weighted by molar-refractivity contribution is 6.33. The molecule has 0 spiro atoms. The molecule has 116 valence electrons. The summed E-state index contributed by atoms with van der Waals surface area (Å²) in [4.78, 5) is 11.9. The summed E-state index contributed by atoms with van der Waals surface area (Å²) < 4.78 is 10.4. The Labute approximate surface area is 134 Å². The molecule has 0 saturated heterocycles. The SMILES string of the molecule is COc1ccc(CNC(=O)Nc2ccccc2Cl)c(OC)c1. The number of rotatable bonds is 5. The minimum atomic E-state index is -0.342. The molecule has 2 rings (SSSR count).